The molecule has 0 aliphatic carbocycles. The standard InChI is InChI=1S/C28H43N3O6S2/c1-9-19(3)22-17-21(28(5,6)10-2)12-13-24(22)37-15-11-14-29-27(32)31-30-23-18-26(39(8,35)36)25(16-20(23)4)38(7,33)34/h12-13,16-19,30H,9-11,14-15H2,1-8H3,(H2,29,31,32). The molecule has 2 rings (SSSR count). The van der Waals surface area contributed by atoms with Crippen molar-refractivity contribution in [2.24, 2.45) is 0 Å². The molecule has 0 spiro atoms. The van der Waals surface area contributed by atoms with E-state index in [0.29, 0.717) is 31.1 Å². The van der Waals surface area contributed by atoms with Gasteiger partial charge in [0, 0.05) is 19.1 Å². The molecule has 0 saturated carbocycles. The Morgan fingerprint density at radius 3 is 2.18 bits per heavy atom. The highest BCUT2D eigenvalue weighted by Crippen LogP contribution is 2.35. The van der Waals surface area contributed by atoms with Crippen LogP contribution in [-0.4, -0.2) is 48.5 Å². The number of sulfone groups is 2. The van der Waals surface area contributed by atoms with Gasteiger partial charge in [-0.15, -0.1) is 0 Å². The van der Waals surface area contributed by atoms with E-state index in [9.17, 15) is 21.6 Å². The average molecular weight is 582 g/mol. The van der Waals surface area contributed by atoms with E-state index >= 15 is 0 Å². The molecule has 0 bridgehead atoms. The summed E-state index contributed by atoms with van der Waals surface area (Å²) in [7, 11) is -7.58. The first kappa shape index (κ1) is 32.4. The monoisotopic (exact) mass is 581 g/mol. The molecule has 39 heavy (non-hydrogen) atoms. The molecule has 0 aliphatic rings. The third-order valence-corrected chi connectivity index (χ3v) is 9.49. The third-order valence-electron chi connectivity index (χ3n) is 7.08. The van der Waals surface area contributed by atoms with Gasteiger partial charge in [-0.2, -0.15) is 0 Å². The van der Waals surface area contributed by atoms with Crippen LogP contribution in [0.2, 0.25) is 0 Å². The molecule has 2 aromatic carbocycles. The Hall–Kier alpha value is -2.79. The third kappa shape index (κ3) is 8.86. The lowest BCUT2D eigenvalue weighted by molar-refractivity contribution is 0.241. The molecule has 2 aromatic rings. The Morgan fingerprint density at radius 1 is 1.00 bits per heavy atom. The Bertz CT molecular complexity index is 1390. The van der Waals surface area contributed by atoms with Crippen molar-refractivity contribution in [1.82, 2.24) is 10.7 Å². The lowest BCUT2D eigenvalue weighted by Gasteiger charge is -2.26. The van der Waals surface area contributed by atoms with Gasteiger partial charge < -0.3 is 10.1 Å². The predicted molar refractivity (Wildman–Crippen MR) is 156 cm³/mol. The molecule has 0 saturated heterocycles. The molecule has 0 heterocycles. The molecule has 9 nitrogen and oxygen atoms in total. The fourth-order valence-electron chi connectivity index (χ4n) is 3.91. The summed E-state index contributed by atoms with van der Waals surface area (Å²) in [5.41, 5.74) is 8.43. The maximum absolute atomic E-state index is 12.3. The van der Waals surface area contributed by atoms with Crippen LogP contribution < -0.4 is 20.9 Å². The van der Waals surface area contributed by atoms with Crippen molar-refractivity contribution in [2.75, 3.05) is 31.1 Å². The molecule has 218 valence electrons. The number of aryl methyl sites for hydroxylation is 1. The van der Waals surface area contributed by atoms with Crippen LogP contribution in [0, 0.1) is 6.92 Å². The number of anilines is 1. The molecule has 0 fully saturated rings. The number of hydrogen-bond donors (Lipinski definition) is 3. The van der Waals surface area contributed by atoms with Crippen molar-refractivity contribution in [3.8, 4) is 5.75 Å². The highest BCUT2D eigenvalue weighted by atomic mass is 32.2. The minimum absolute atomic E-state index is 0.0900. The van der Waals surface area contributed by atoms with E-state index in [1.807, 2.05) is 6.07 Å². The Balaban J connectivity index is 1.95. The van der Waals surface area contributed by atoms with E-state index in [1.54, 1.807) is 6.92 Å². The molecular weight excluding hydrogens is 538 g/mol. The van der Waals surface area contributed by atoms with E-state index in [4.69, 9.17) is 4.74 Å². The lowest BCUT2D eigenvalue weighted by atomic mass is 9.80. The quantitative estimate of drug-likeness (QED) is 0.222. The number of carbonyl (C=O) groups is 1. The van der Waals surface area contributed by atoms with Gasteiger partial charge in [0.2, 0.25) is 0 Å². The predicted octanol–water partition coefficient (Wildman–Crippen LogP) is 5.10. The molecule has 1 atom stereocenters. The molecule has 1 unspecified atom stereocenters. The first-order chi connectivity index (χ1) is 18.0. The number of nitrogens with one attached hydrogen (secondary N) is 3. The first-order valence-corrected chi connectivity index (χ1v) is 16.9. The van der Waals surface area contributed by atoms with Gasteiger partial charge in [0.15, 0.2) is 19.7 Å². The second-order valence-electron chi connectivity index (χ2n) is 10.7. The van der Waals surface area contributed by atoms with Gasteiger partial charge in [0.05, 0.1) is 22.1 Å². The summed E-state index contributed by atoms with van der Waals surface area (Å²) in [4.78, 5) is 11.7. The fourth-order valence-corrected chi connectivity index (χ4v) is 6.39. The van der Waals surface area contributed by atoms with Gasteiger partial charge in [-0.1, -0.05) is 46.8 Å². The van der Waals surface area contributed by atoms with E-state index in [1.165, 1.54) is 23.3 Å². The van der Waals surface area contributed by atoms with Gasteiger partial charge in [-0.3, -0.25) is 10.9 Å². The molecular formula is C28H43N3O6S2. The summed E-state index contributed by atoms with van der Waals surface area (Å²) >= 11 is 0. The van der Waals surface area contributed by atoms with Crippen molar-refractivity contribution >= 4 is 31.4 Å². The van der Waals surface area contributed by atoms with Crippen LogP contribution in [-0.2, 0) is 25.1 Å². The number of ether oxygens (including phenoxy) is 1. The number of hydrazine groups is 1. The fraction of sp³-hybridized carbons (Fsp3) is 0.536. The molecule has 0 aliphatic heterocycles. The summed E-state index contributed by atoms with van der Waals surface area (Å²) in [5, 5.41) is 2.72. The highest BCUT2D eigenvalue weighted by molar-refractivity contribution is 7.93. The van der Waals surface area contributed by atoms with Crippen molar-refractivity contribution in [2.45, 2.75) is 81.9 Å². The van der Waals surface area contributed by atoms with Crippen LogP contribution in [0.25, 0.3) is 0 Å². The van der Waals surface area contributed by atoms with Gasteiger partial charge in [-0.25, -0.2) is 21.6 Å². The van der Waals surface area contributed by atoms with Gasteiger partial charge in [-0.05, 0) is 72.4 Å². The second-order valence-corrected chi connectivity index (χ2v) is 14.6. The zero-order valence-corrected chi connectivity index (χ0v) is 25.9. The smallest absolute Gasteiger partial charge is 0.333 e. The Morgan fingerprint density at radius 2 is 1.62 bits per heavy atom. The normalized spacial score (nSPS) is 13.0. The molecule has 11 heteroatoms. The number of amides is 2. The molecule has 3 N–H and O–H groups in total. The van der Waals surface area contributed by atoms with Crippen LogP contribution in [0.5, 0.6) is 5.75 Å². The maximum atomic E-state index is 12.3. The van der Waals surface area contributed by atoms with Crippen LogP contribution in [0.3, 0.4) is 0 Å². The van der Waals surface area contributed by atoms with E-state index in [0.717, 1.165) is 31.1 Å². The van der Waals surface area contributed by atoms with Crippen molar-refractivity contribution in [3.63, 3.8) is 0 Å². The minimum Gasteiger partial charge on any atom is -0.493 e. The van der Waals surface area contributed by atoms with Crippen molar-refractivity contribution < 1.29 is 26.4 Å². The second kappa shape index (κ2) is 13.0. The SMILES string of the molecule is CCC(C)c1cc(C(C)(C)CC)ccc1OCCCNC(=O)NNc1cc(S(C)(=O)=O)c(S(C)(=O)=O)cc1C. The summed E-state index contributed by atoms with van der Waals surface area (Å²) in [6.07, 6.45) is 4.51. The van der Waals surface area contributed by atoms with E-state index in [2.05, 4.69) is 62.9 Å². The topological polar surface area (TPSA) is 131 Å². The number of benzene rings is 2. The molecule has 2 amide bonds. The summed E-state index contributed by atoms with van der Waals surface area (Å²) in [5.74, 6) is 1.22. The molecule has 0 aromatic heterocycles. The average Bonchev–Trinajstić information content (AvgIpc) is 2.85. The molecule has 0 radical (unpaired) electrons. The zero-order valence-electron chi connectivity index (χ0n) is 24.3. The highest BCUT2D eigenvalue weighted by Gasteiger charge is 2.23. The number of urea groups is 1. The van der Waals surface area contributed by atoms with Crippen molar-refractivity contribution in [1.29, 1.82) is 0 Å². The van der Waals surface area contributed by atoms with Gasteiger partial charge >= 0.3 is 6.03 Å². The number of hydrogen-bond acceptors (Lipinski definition) is 7. The summed E-state index contributed by atoms with van der Waals surface area (Å²) < 4.78 is 54.5. The summed E-state index contributed by atoms with van der Waals surface area (Å²) in [6.45, 7) is 13.4. The van der Waals surface area contributed by atoms with Gasteiger partial charge in [0.25, 0.3) is 0 Å². The van der Waals surface area contributed by atoms with Crippen LogP contribution in [0.4, 0.5) is 10.5 Å². The zero-order chi connectivity index (χ0) is 29.6. The Kier molecular flexibility index (Phi) is 10.8. The number of carbonyl (C=O) groups excluding carboxylic acids is 1. The Labute approximate surface area is 233 Å². The van der Waals surface area contributed by atoms with E-state index < -0.39 is 25.7 Å². The van der Waals surface area contributed by atoms with Crippen LogP contribution in [0.15, 0.2) is 40.1 Å². The summed E-state index contributed by atoms with van der Waals surface area (Å²) in [6, 6.07) is 8.38. The number of rotatable bonds is 13. The minimum atomic E-state index is -3.82. The maximum Gasteiger partial charge on any atom is 0.333 e. The lowest BCUT2D eigenvalue weighted by Crippen LogP contribution is -2.39. The largest absolute Gasteiger partial charge is 0.493 e. The van der Waals surface area contributed by atoms with E-state index in [-0.39, 0.29) is 20.9 Å². The van der Waals surface area contributed by atoms with Gasteiger partial charge in [0.1, 0.15) is 5.75 Å². The first-order valence-electron chi connectivity index (χ1n) is 13.1. The van der Waals surface area contributed by atoms with Crippen LogP contribution >= 0.6 is 0 Å². The van der Waals surface area contributed by atoms with Crippen molar-refractivity contribution in [3.05, 3.63) is 47.0 Å². The van der Waals surface area contributed by atoms with Crippen LogP contribution in [0.1, 0.15) is 76.5 Å².